The van der Waals surface area contributed by atoms with Crippen LogP contribution >= 0.6 is 22.7 Å². The van der Waals surface area contributed by atoms with Gasteiger partial charge in [-0.2, -0.15) is 11.3 Å². The second-order valence-electron chi connectivity index (χ2n) is 11.7. The summed E-state index contributed by atoms with van der Waals surface area (Å²) in [6.45, 7) is 6.91. The number of ether oxygens (including phenoxy) is 1. The molecule has 4 aromatic heterocycles. The van der Waals surface area contributed by atoms with Crippen molar-refractivity contribution in [2.24, 2.45) is 0 Å². The van der Waals surface area contributed by atoms with Crippen LogP contribution in [0.4, 0.5) is 0 Å². The largest absolute Gasteiger partial charge is 0.477 e. The molecule has 3 nitrogen and oxygen atoms in total. The number of pyridine rings is 2. The Hall–Kier alpha value is -3.97. The number of hydrogen-bond donors (Lipinski definition) is 0. The Labute approximate surface area is 290 Å². The smallest absolute Gasteiger partial charge is 0.123 e. The molecule has 227 valence electrons. The maximum absolute atomic E-state index is 6.26. The summed E-state index contributed by atoms with van der Waals surface area (Å²) in [4.78, 5) is 9.18. The standard InChI is InChI=1S/C21H16NOSSi.C18H12NS.Ir/c1-25(2)19-9-4-3-7-16(19)23-17-8-5-6-15(21(17)25)20-14-11-13-24-18(14)10-12-22-20;1-12-8-9-17-15(11-12)13-5-4-6-14(18(13)20-17)16-7-2-3-10-19-16;/h3-5,7-13H,1-2H3;2-5,7-11H,1H3;/q2*-1;. The molecule has 9 rings (SSSR count). The Morgan fingerprint density at radius 1 is 0.717 bits per heavy atom. The number of aryl methyl sites for hydroxylation is 1. The Morgan fingerprint density at radius 2 is 1.54 bits per heavy atom. The molecule has 0 saturated heterocycles. The van der Waals surface area contributed by atoms with Crippen LogP contribution in [-0.2, 0) is 20.1 Å². The van der Waals surface area contributed by atoms with Crippen LogP contribution in [0.2, 0.25) is 13.1 Å². The Bertz CT molecular complexity index is 2360. The molecular weight excluding hydrogens is 797 g/mol. The van der Waals surface area contributed by atoms with Gasteiger partial charge in [0.05, 0.1) is 8.07 Å². The van der Waals surface area contributed by atoms with Gasteiger partial charge in [-0.1, -0.05) is 77.8 Å². The number of nitrogens with zero attached hydrogens (tertiary/aromatic N) is 2. The Morgan fingerprint density at radius 3 is 2.41 bits per heavy atom. The SMILES string of the molecule is C[Si]1(C)c2ccccc2Oc2cc[c-]c(-c3nccc4sccc34)c21.Cc1ccc2sc3c(-c4ccccn4)[c-]ccc3c2c1.[Ir]. The molecule has 0 spiro atoms. The van der Waals surface area contributed by atoms with Gasteiger partial charge in [-0.05, 0) is 68.6 Å². The molecule has 46 heavy (non-hydrogen) atoms. The van der Waals surface area contributed by atoms with Crippen molar-refractivity contribution >= 4 is 71.4 Å². The maximum atomic E-state index is 6.26. The molecule has 0 bridgehead atoms. The van der Waals surface area contributed by atoms with Crippen LogP contribution in [-0.4, -0.2) is 18.0 Å². The molecule has 0 N–H and O–H groups in total. The average molecular weight is 825 g/mol. The molecular formula is C39H28IrN2OS2Si-2. The number of hydrogen-bond acceptors (Lipinski definition) is 5. The fourth-order valence-electron chi connectivity index (χ4n) is 6.35. The van der Waals surface area contributed by atoms with Crippen LogP contribution in [0.1, 0.15) is 5.56 Å². The normalized spacial score (nSPS) is 12.8. The van der Waals surface area contributed by atoms with Gasteiger partial charge in [0.2, 0.25) is 0 Å². The van der Waals surface area contributed by atoms with E-state index < -0.39 is 8.07 Å². The van der Waals surface area contributed by atoms with E-state index in [4.69, 9.17) is 9.72 Å². The summed E-state index contributed by atoms with van der Waals surface area (Å²) >= 11 is 3.57. The summed E-state index contributed by atoms with van der Waals surface area (Å²) in [5.74, 6) is 1.95. The fraction of sp³-hybridized carbons (Fsp3) is 0.0769. The van der Waals surface area contributed by atoms with E-state index in [0.29, 0.717) is 0 Å². The van der Waals surface area contributed by atoms with E-state index >= 15 is 0 Å². The number of thiophene rings is 2. The van der Waals surface area contributed by atoms with Gasteiger partial charge in [0, 0.05) is 47.6 Å². The van der Waals surface area contributed by atoms with Crippen LogP contribution in [0.5, 0.6) is 11.5 Å². The fourth-order valence-corrected chi connectivity index (χ4v) is 11.4. The van der Waals surface area contributed by atoms with Gasteiger partial charge < -0.3 is 14.7 Å². The van der Waals surface area contributed by atoms with Crippen molar-refractivity contribution in [3.05, 3.63) is 133 Å². The minimum absolute atomic E-state index is 0. The van der Waals surface area contributed by atoms with Gasteiger partial charge in [-0.3, -0.25) is 0 Å². The van der Waals surface area contributed by atoms with Crippen molar-refractivity contribution in [2.45, 2.75) is 20.0 Å². The number of fused-ring (bicyclic) bond motifs is 6. The van der Waals surface area contributed by atoms with Gasteiger partial charge in [0.25, 0.3) is 0 Å². The molecule has 8 aromatic rings. The van der Waals surface area contributed by atoms with Crippen molar-refractivity contribution in [3.63, 3.8) is 0 Å². The second kappa shape index (κ2) is 12.3. The first-order valence-corrected chi connectivity index (χ1v) is 19.6. The molecule has 1 aliphatic rings. The predicted molar refractivity (Wildman–Crippen MR) is 193 cm³/mol. The van der Waals surface area contributed by atoms with E-state index in [1.807, 2.05) is 66.2 Å². The first kappa shape index (κ1) is 30.7. The zero-order valence-electron chi connectivity index (χ0n) is 25.4. The summed E-state index contributed by atoms with van der Waals surface area (Å²) < 4.78 is 10.1. The summed E-state index contributed by atoms with van der Waals surface area (Å²) in [5, 5.41) is 8.57. The number of rotatable bonds is 2. The molecule has 0 atom stereocenters. The molecule has 1 aliphatic heterocycles. The Balaban J connectivity index is 0.000000147. The summed E-state index contributed by atoms with van der Waals surface area (Å²) in [7, 11) is -1.92. The van der Waals surface area contributed by atoms with Gasteiger partial charge >= 0.3 is 0 Å². The van der Waals surface area contributed by atoms with E-state index in [9.17, 15) is 0 Å². The maximum Gasteiger partial charge on any atom is 0.123 e. The molecule has 5 heterocycles. The van der Waals surface area contributed by atoms with Crippen molar-refractivity contribution in [3.8, 4) is 34.0 Å². The molecule has 0 aliphatic carbocycles. The minimum Gasteiger partial charge on any atom is -0.477 e. The third-order valence-electron chi connectivity index (χ3n) is 8.49. The molecule has 4 aromatic carbocycles. The van der Waals surface area contributed by atoms with Crippen LogP contribution in [0.25, 0.3) is 52.8 Å². The quantitative estimate of drug-likeness (QED) is 0.129. The molecule has 7 heteroatoms. The van der Waals surface area contributed by atoms with Crippen LogP contribution in [0, 0.1) is 19.1 Å². The first-order chi connectivity index (χ1) is 22.0. The number of benzene rings is 4. The molecule has 0 unspecified atom stereocenters. The van der Waals surface area contributed by atoms with Crippen LogP contribution < -0.4 is 15.1 Å². The van der Waals surface area contributed by atoms with E-state index in [1.54, 1.807) is 11.3 Å². The molecule has 0 saturated carbocycles. The molecule has 0 amide bonds. The van der Waals surface area contributed by atoms with E-state index in [-0.39, 0.29) is 20.1 Å². The van der Waals surface area contributed by atoms with Gasteiger partial charge in [-0.25, -0.2) is 0 Å². The number of aromatic nitrogens is 2. The first-order valence-electron chi connectivity index (χ1n) is 14.9. The van der Waals surface area contributed by atoms with Crippen LogP contribution in [0.3, 0.4) is 0 Å². The van der Waals surface area contributed by atoms with Gasteiger partial charge in [0.1, 0.15) is 5.75 Å². The topological polar surface area (TPSA) is 35.0 Å². The van der Waals surface area contributed by atoms with Crippen molar-refractivity contribution in [1.82, 2.24) is 9.97 Å². The summed E-state index contributed by atoms with van der Waals surface area (Å²) in [5.41, 5.74) is 5.49. The van der Waals surface area contributed by atoms with Crippen molar-refractivity contribution in [1.29, 1.82) is 0 Å². The number of para-hydroxylation sites is 1. The van der Waals surface area contributed by atoms with Gasteiger partial charge in [-0.15, -0.1) is 58.9 Å². The monoisotopic (exact) mass is 825 g/mol. The second-order valence-corrected chi connectivity index (χ2v) is 18.0. The predicted octanol–water partition coefficient (Wildman–Crippen LogP) is 9.91. The summed E-state index contributed by atoms with van der Waals surface area (Å²) in [6, 6.07) is 40.3. The van der Waals surface area contributed by atoms with E-state index in [2.05, 4.69) is 97.1 Å². The zero-order chi connectivity index (χ0) is 30.5. The Kier molecular flexibility index (Phi) is 8.22. The third-order valence-corrected chi connectivity index (χ3v) is 14.1. The minimum atomic E-state index is -1.92. The average Bonchev–Trinajstić information content (AvgIpc) is 3.70. The van der Waals surface area contributed by atoms with Crippen molar-refractivity contribution < 1.29 is 24.8 Å². The van der Waals surface area contributed by atoms with Crippen LogP contribution in [0.15, 0.2) is 115 Å². The van der Waals surface area contributed by atoms with E-state index in [0.717, 1.165) is 34.0 Å². The molecule has 1 radical (unpaired) electrons. The third kappa shape index (κ3) is 5.22. The zero-order valence-corrected chi connectivity index (χ0v) is 30.5. The van der Waals surface area contributed by atoms with Gasteiger partial charge in [0.15, 0.2) is 0 Å². The van der Waals surface area contributed by atoms with Crippen molar-refractivity contribution in [2.75, 3.05) is 0 Å². The molecule has 0 fully saturated rings. The van der Waals surface area contributed by atoms with E-state index in [1.165, 1.54) is 46.2 Å². The summed E-state index contributed by atoms with van der Waals surface area (Å²) in [6.07, 6.45) is 3.73.